The van der Waals surface area contributed by atoms with Crippen LogP contribution in [0.3, 0.4) is 0 Å². The molecule has 0 unspecified atom stereocenters. The summed E-state index contributed by atoms with van der Waals surface area (Å²) < 4.78 is 14.9. The summed E-state index contributed by atoms with van der Waals surface area (Å²) in [6.45, 7) is 14.4. The summed E-state index contributed by atoms with van der Waals surface area (Å²) in [5.74, 6) is -12.4. The van der Waals surface area contributed by atoms with E-state index in [9.17, 15) is 67.1 Å². The smallest absolute Gasteiger partial charge is 0.330 e. The van der Waals surface area contributed by atoms with Crippen LogP contribution in [0.5, 0.6) is 5.75 Å². The van der Waals surface area contributed by atoms with Crippen LogP contribution in [-0.4, -0.2) is 236 Å². The van der Waals surface area contributed by atoms with Gasteiger partial charge in [-0.2, -0.15) is 0 Å². The van der Waals surface area contributed by atoms with Gasteiger partial charge >= 0.3 is 77.6 Å². The number of aliphatic hydroxyl groups is 1. The number of aliphatic carboxylic acids is 9. The fourth-order valence-corrected chi connectivity index (χ4v) is 6.54. The second kappa shape index (κ2) is 58.2. The lowest BCUT2D eigenvalue weighted by molar-refractivity contribution is -0.162. The Labute approximate surface area is 610 Å². The number of carbonyl (C=O) groups is 14. The van der Waals surface area contributed by atoms with Crippen molar-refractivity contribution >= 4 is 83.5 Å². The first-order valence-electron chi connectivity index (χ1n) is 32.2. The molecule has 1 amide bonds. The molecule has 0 aliphatic carbocycles. The van der Waals surface area contributed by atoms with Gasteiger partial charge < -0.3 is 144 Å². The molecule has 3 aromatic rings. The SMILES string of the molecule is CC(C)C[C@H](N)C(=O)OC[C@H](N)C(=O)O.CC(C)[C@H](N)C(=O)O.CC[C@H](C)[C@H](N)C(=O)O.C[C@@H](O)[C@H](N)C(=O)O.C[C@H](N)C(=O)O.NC(=O)C[C@H](N)C(=O)O.N[C@@H](CC(=O)O)C(=O)O.N[C@@H](Cc1c[nH]cn1)C(=O)O.N[C@@H](Cc1ccccc1)C(=O)OC(=O)[C@@H](N)Cc1ccc(OC(=O)[C@@H]2CCCN2)cc1. The van der Waals surface area contributed by atoms with E-state index < -0.39 is 157 Å². The zero-order valence-corrected chi connectivity index (χ0v) is 60.2. The van der Waals surface area contributed by atoms with Crippen molar-refractivity contribution in [3.63, 3.8) is 0 Å². The minimum absolute atomic E-state index is 0.0208. The number of aromatic nitrogens is 2. The average Bonchev–Trinajstić information content (AvgIpc) is 1.21. The fourth-order valence-electron chi connectivity index (χ4n) is 6.54. The first-order chi connectivity index (χ1) is 48.9. The molecule has 0 spiro atoms. The van der Waals surface area contributed by atoms with Crippen LogP contribution in [0.4, 0.5) is 0 Å². The third-order valence-corrected chi connectivity index (χ3v) is 13.3. The van der Waals surface area contributed by atoms with Crippen molar-refractivity contribution in [2.24, 2.45) is 86.6 Å². The predicted octanol–water partition coefficient (Wildman–Crippen LogP) is -4.62. The lowest BCUT2D eigenvalue weighted by Crippen LogP contribution is -2.41. The zero-order valence-electron chi connectivity index (χ0n) is 60.2. The van der Waals surface area contributed by atoms with Gasteiger partial charge in [0.15, 0.2) is 0 Å². The van der Waals surface area contributed by atoms with E-state index >= 15 is 0 Å². The summed E-state index contributed by atoms with van der Waals surface area (Å²) in [4.78, 5) is 154. The van der Waals surface area contributed by atoms with Crippen LogP contribution in [0.25, 0.3) is 0 Å². The number of amides is 1. The molecule has 0 radical (unpaired) electrons. The number of ether oxygens (including phenoxy) is 3. The summed E-state index contributed by atoms with van der Waals surface area (Å²) in [5, 5.41) is 85.1. The number of aromatic amines is 1. The number of esters is 4. The largest absolute Gasteiger partial charge is 0.481 e. The molecule has 4 rings (SSSR count). The molecule has 602 valence electrons. The molecule has 0 saturated carbocycles. The Kier molecular flexibility index (Phi) is 57.4. The van der Waals surface area contributed by atoms with Gasteiger partial charge in [0.1, 0.15) is 84.9 Å². The number of carboxylic acids is 9. The average molecular weight is 1520 g/mol. The van der Waals surface area contributed by atoms with Crippen molar-refractivity contribution in [3.05, 3.63) is 83.9 Å². The van der Waals surface area contributed by atoms with Crippen LogP contribution < -0.4 is 78.9 Å². The standard InChI is InChI=1S/C23H27N3O5.C9H18N2O4.C6H9N3O2.C6H13NO2.C5H11NO2.C4H8N2O3.C4H7NO4.C4H9NO3.C3H7NO2/c24-18(13-15-5-2-1-3-6-15)21(27)31-22(28)19(25)14-16-8-10-17(11-9-16)30-23(29)20-7-4-12-26-20;1-5(2)3-6(10)9(14)15-4-7(11)8(12)13;7-5(6(10)11)1-4-2-8-3-9-4;1-3-4(2)5(7)6(8)9;1-3(2)4(6)5(7)8;2*5-2(4(8)9)1-3(6)7;1-2(6)3(5)4(7)8;1-2(4)3(5)6/h1-3,5-6,8-11,18-20,26H,4,7,12-14,24-25H2;5-7H,3-4,10-11H2,1-2H3,(H,12,13);2-3,5H,1,7H2,(H,8,9)(H,10,11);4-5H,3,7H2,1-2H3,(H,8,9);3-4H,6H2,1-2H3,(H,7,8);2H,1,5H2,(H2,6,7)(H,8,9);2H,1,5H2,(H,6,7)(H,8,9);2-3,6H,5H2,1H3,(H,7,8);2H,4H2,1H3,(H,5,6)/t18-,19-,20-;6-,7-;5-;4-,5-;4-;2*2-;2-,3+;2-/m000000010/s1. The van der Waals surface area contributed by atoms with E-state index in [1.165, 1.54) is 20.2 Å². The van der Waals surface area contributed by atoms with Gasteiger partial charge in [-0.3, -0.25) is 52.7 Å². The Hall–Kier alpha value is -10.1. The topological polar surface area (TPSA) is 822 Å². The lowest BCUT2D eigenvalue weighted by atomic mass is 10.0. The number of carboxylic acid groups (broad SMARTS) is 9. The van der Waals surface area contributed by atoms with Crippen LogP contribution in [-0.2, 0) is 95.9 Å². The number of rotatable bonds is 31. The Bertz CT molecular complexity index is 3050. The molecule has 0 bridgehead atoms. The number of benzene rings is 2. The van der Waals surface area contributed by atoms with Crippen molar-refractivity contribution in [2.45, 2.75) is 192 Å². The molecule has 2 aromatic carbocycles. The molecule has 1 aliphatic heterocycles. The quantitative estimate of drug-likeness (QED) is 0.0164. The maximum atomic E-state index is 12.2. The van der Waals surface area contributed by atoms with E-state index in [4.69, 9.17) is 124 Å². The lowest BCUT2D eigenvalue weighted by Gasteiger charge is -2.14. The van der Waals surface area contributed by atoms with Gasteiger partial charge in [0.25, 0.3) is 0 Å². The number of hydrogen-bond acceptors (Lipinski definition) is 31. The maximum Gasteiger partial charge on any atom is 0.330 e. The van der Waals surface area contributed by atoms with E-state index in [2.05, 4.69) is 25.8 Å². The summed E-state index contributed by atoms with van der Waals surface area (Å²) >= 11 is 0. The van der Waals surface area contributed by atoms with E-state index in [1.807, 2.05) is 58.0 Å². The van der Waals surface area contributed by atoms with Crippen LogP contribution in [0.2, 0.25) is 0 Å². The summed E-state index contributed by atoms with van der Waals surface area (Å²) in [6.07, 6.45) is 5.02. The van der Waals surface area contributed by atoms with Crippen LogP contribution in [0.15, 0.2) is 67.1 Å². The maximum absolute atomic E-state index is 12.2. The Morgan fingerprint density at radius 2 is 0.962 bits per heavy atom. The number of H-pyrrole nitrogens is 1. The van der Waals surface area contributed by atoms with Gasteiger partial charge in [0, 0.05) is 12.6 Å². The van der Waals surface area contributed by atoms with Crippen molar-refractivity contribution in [2.75, 3.05) is 13.2 Å². The molecule has 42 heteroatoms. The highest BCUT2D eigenvalue weighted by molar-refractivity contribution is 5.91. The number of primary amides is 1. The molecular formula is C64H109N15O27. The summed E-state index contributed by atoms with van der Waals surface area (Å²) in [5.41, 5.74) is 64.5. The molecule has 14 atom stereocenters. The van der Waals surface area contributed by atoms with Crippen molar-refractivity contribution < 1.29 is 132 Å². The molecule has 1 fully saturated rings. The van der Waals surface area contributed by atoms with Crippen molar-refractivity contribution in [1.29, 1.82) is 0 Å². The number of hydrogen-bond donors (Lipinski definition) is 24. The second-order valence-corrected chi connectivity index (χ2v) is 23.8. The molecule has 36 N–H and O–H groups in total. The molecule has 106 heavy (non-hydrogen) atoms. The molecule has 42 nitrogen and oxygen atoms in total. The van der Waals surface area contributed by atoms with Gasteiger partial charge in [-0.25, -0.2) is 19.4 Å². The second-order valence-electron chi connectivity index (χ2n) is 23.8. The van der Waals surface area contributed by atoms with E-state index in [0.717, 1.165) is 36.9 Å². The van der Waals surface area contributed by atoms with Gasteiger partial charge in [0.2, 0.25) is 5.91 Å². The van der Waals surface area contributed by atoms with Crippen molar-refractivity contribution in [3.8, 4) is 5.75 Å². The highest BCUT2D eigenvalue weighted by Gasteiger charge is 2.27. The van der Waals surface area contributed by atoms with Crippen LogP contribution in [0.1, 0.15) is 111 Å². The number of nitrogens with zero attached hydrogens (tertiary/aromatic N) is 1. The first-order valence-corrected chi connectivity index (χ1v) is 32.2. The van der Waals surface area contributed by atoms with Crippen LogP contribution >= 0.6 is 0 Å². The van der Waals surface area contributed by atoms with E-state index in [0.29, 0.717) is 17.9 Å². The molecule has 1 aromatic heterocycles. The number of nitrogens with one attached hydrogen (secondary N) is 2. The summed E-state index contributed by atoms with van der Waals surface area (Å²) in [7, 11) is 0. The Morgan fingerprint density at radius 1 is 0.519 bits per heavy atom. The molecule has 1 saturated heterocycles. The third-order valence-electron chi connectivity index (χ3n) is 13.3. The van der Waals surface area contributed by atoms with Crippen molar-refractivity contribution in [1.82, 2.24) is 15.3 Å². The number of imidazole rings is 1. The van der Waals surface area contributed by atoms with Gasteiger partial charge in [-0.15, -0.1) is 0 Å². The first kappa shape index (κ1) is 105. The minimum atomic E-state index is -1.29. The van der Waals surface area contributed by atoms with Gasteiger partial charge in [-0.05, 0) is 93.5 Å². The van der Waals surface area contributed by atoms with Gasteiger partial charge in [0.05, 0.1) is 31.0 Å². The third kappa shape index (κ3) is 55.5. The molecule has 1 aliphatic rings. The Morgan fingerprint density at radius 3 is 1.25 bits per heavy atom. The molecular weight excluding hydrogens is 1410 g/mol. The predicted molar refractivity (Wildman–Crippen MR) is 377 cm³/mol. The molecule has 2 heterocycles. The minimum Gasteiger partial charge on any atom is -0.481 e. The summed E-state index contributed by atoms with van der Waals surface area (Å²) in [6, 6.07) is 5.14. The highest BCUT2D eigenvalue weighted by Crippen LogP contribution is 2.17. The van der Waals surface area contributed by atoms with E-state index in [1.54, 1.807) is 44.3 Å². The number of aliphatic hydroxyl groups excluding tert-OH is 1. The highest BCUT2D eigenvalue weighted by atomic mass is 16.6. The number of carbonyl (C=O) groups excluding carboxylic acids is 5. The monoisotopic (exact) mass is 1520 g/mol. The fraction of sp³-hybridized carbons (Fsp3) is 0.547. The normalized spacial score (nSPS) is 15.2. The zero-order chi connectivity index (χ0) is 83.4. The Balaban J connectivity index is -0.000000387. The van der Waals surface area contributed by atoms with E-state index in [-0.39, 0.29) is 62.1 Å². The van der Waals surface area contributed by atoms with Gasteiger partial charge in [-0.1, -0.05) is 90.4 Å². The number of nitrogens with two attached hydrogens (primary N) is 12. The van der Waals surface area contributed by atoms with Crippen LogP contribution in [0, 0.1) is 17.8 Å².